The SMILES string of the molecule is CCC(CCN)CCC(=O)NCC(C)C#N. The topological polar surface area (TPSA) is 78.9 Å². The molecule has 2 unspecified atom stereocenters. The third-order valence-corrected chi connectivity index (χ3v) is 2.76. The van der Waals surface area contributed by atoms with Gasteiger partial charge in [-0.1, -0.05) is 13.3 Å². The molecule has 0 saturated heterocycles. The van der Waals surface area contributed by atoms with Crippen LogP contribution in [0.3, 0.4) is 0 Å². The van der Waals surface area contributed by atoms with Gasteiger partial charge in [0.25, 0.3) is 0 Å². The van der Waals surface area contributed by atoms with Crippen LogP contribution in [0.4, 0.5) is 0 Å². The van der Waals surface area contributed by atoms with Crippen molar-refractivity contribution in [2.45, 2.75) is 39.5 Å². The Balaban J connectivity index is 3.67. The van der Waals surface area contributed by atoms with Gasteiger partial charge in [-0.3, -0.25) is 4.79 Å². The lowest BCUT2D eigenvalue weighted by molar-refractivity contribution is -0.121. The lowest BCUT2D eigenvalue weighted by Crippen LogP contribution is -2.28. The number of hydrogen-bond acceptors (Lipinski definition) is 3. The first kappa shape index (κ1) is 14.9. The predicted octanol–water partition coefficient (Wildman–Crippen LogP) is 1.42. The molecule has 0 aliphatic carbocycles. The van der Waals surface area contributed by atoms with Gasteiger partial charge in [0.1, 0.15) is 0 Å². The Morgan fingerprint density at radius 3 is 2.69 bits per heavy atom. The van der Waals surface area contributed by atoms with Crippen molar-refractivity contribution >= 4 is 5.91 Å². The molecule has 2 atom stereocenters. The van der Waals surface area contributed by atoms with E-state index < -0.39 is 0 Å². The van der Waals surface area contributed by atoms with Crippen LogP contribution < -0.4 is 11.1 Å². The van der Waals surface area contributed by atoms with E-state index in [9.17, 15) is 4.79 Å². The van der Waals surface area contributed by atoms with Crippen LogP contribution in [-0.4, -0.2) is 19.0 Å². The standard InChI is InChI=1S/C12H23N3O/c1-3-11(6-7-13)4-5-12(16)15-9-10(2)8-14/h10-11H,3-7,9,13H2,1-2H3,(H,15,16). The van der Waals surface area contributed by atoms with Crippen molar-refractivity contribution in [3.05, 3.63) is 0 Å². The molecule has 0 saturated carbocycles. The minimum atomic E-state index is -0.116. The first-order valence-electron chi connectivity index (χ1n) is 6.00. The minimum absolute atomic E-state index is 0.0394. The lowest BCUT2D eigenvalue weighted by Gasteiger charge is -2.13. The summed E-state index contributed by atoms with van der Waals surface area (Å²) in [5.41, 5.74) is 5.49. The Morgan fingerprint density at radius 2 is 2.19 bits per heavy atom. The Kier molecular flexibility index (Phi) is 8.55. The number of nitrogens with one attached hydrogen (secondary N) is 1. The van der Waals surface area contributed by atoms with Gasteiger partial charge >= 0.3 is 0 Å². The van der Waals surface area contributed by atoms with Crippen molar-refractivity contribution < 1.29 is 4.79 Å². The van der Waals surface area contributed by atoms with Gasteiger partial charge in [-0.25, -0.2) is 0 Å². The highest BCUT2D eigenvalue weighted by molar-refractivity contribution is 5.75. The van der Waals surface area contributed by atoms with E-state index >= 15 is 0 Å². The van der Waals surface area contributed by atoms with E-state index in [2.05, 4.69) is 18.3 Å². The maximum atomic E-state index is 11.4. The van der Waals surface area contributed by atoms with E-state index in [1.54, 1.807) is 6.92 Å². The number of carbonyl (C=O) groups is 1. The molecule has 0 radical (unpaired) electrons. The molecule has 0 aromatic carbocycles. The van der Waals surface area contributed by atoms with Gasteiger partial charge < -0.3 is 11.1 Å². The summed E-state index contributed by atoms with van der Waals surface area (Å²) in [6, 6.07) is 2.09. The number of amides is 1. The second-order valence-corrected chi connectivity index (χ2v) is 4.22. The number of carbonyl (C=O) groups excluding carboxylic acids is 1. The molecule has 0 aliphatic heterocycles. The average molecular weight is 225 g/mol. The van der Waals surface area contributed by atoms with Crippen molar-refractivity contribution in [2.75, 3.05) is 13.1 Å². The first-order chi connectivity index (χ1) is 7.63. The number of rotatable bonds is 8. The Labute approximate surface area is 98.2 Å². The van der Waals surface area contributed by atoms with Crippen LogP contribution in [0, 0.1) is 23.2 Å². The average Bonchev–Trinajstić information content (AvgIpc) is 2.31. The van der Waals surface area contributed by atoms with Gasteiger partial charge in [0.05, 0.1) is 12.0 Å². The van der Waals surface area contributed by atoms with Crippen LogP contribution in [0.2, 0.25) is 0 Å². The second kappa shape index (κ2) is 9.17. The van der Waals surface area contributed by atoms with E-state index in [0.717, 1.165) is 19.3 Å². The van der Waals surface area contributed by atoms with Gasteiger partial charge in [-0.15, -0.1) is 0 Å². The van der Waals surface area contributed by atoms with E-state index in [-0.39, 0.29) is 11.8 Å². The Bertz CT molecular complexity index is 235. The summed E-state index contributed by atoms with van der Waals surface area (Å²) < 4.78 is 0. The molecule has 3 N–H and O–H groups in total. The van der Waals surface area contributed by atoms with E-state index in [1.165, 1.54) is 0 Å². The summed E-state index contributed by atoms with van der Waals surface area (Å²) in [5.74, 6) is 0.469. The maximum absolute atomic E-state index is 11.4. The number of nitrogens with two attached hydrogens (primary N) is 1. The van der Waals surface area contributed by atoms with Crippen molar-refractivity contribution in [1.82, 2.24) is 5.32 Å². The molecule has 4 heteroatoms. The third kappa shape index (κ3) is 7.24. The highest BCUT2D eigenvalue weighted by atomic mass is 16.1. The quantitative estimate of drug-likeness (QED) is 0.655. The van der Waals surface area contributed by atoms with Crippen LogP contribution in [0.15, 0.2) is 0 Å². The summed E-state index contributed by atoms with van der Waals surface area (Å²) in [6.45, 7) is 5.05. The van der Waals surface area contributed by atoms with Crippen molar-refractivity contribution in [3.63, 3.8) is 0 Å². The summed E-state index contributed by atoms with van der Waals surface area (Å²) in [5, 5.41) is 11.3. The molecule has 92 valence electrons. The molecule has 0 bridgehead atoms. The van der Waals surface area contributed by atoms with Crippen molar-refractivity contribution in [1.29, 1.82) is 5.26 Å². The molecule has 16 heavy (non-hydrogen) atoms. The molecule has 0 rings (SSSR count). The van der Waals surface area contributed by atoms with Crippen molar-refractivity contribution in [2.24, 2.45) is 17.6 Å². The van der Waals surface area contributed by atoms with Gasteiger partial charge in [0, 0.05) is 13.0 Å². The van der Waals surface area contributed by atoms with Crippen molar-refractivity contribution in [3.8, 4) is 6.07 Å². The summed E-state index contributed by atoms with van der Waals surface area (Å²) in [4.78, 5) is 11.4. The lowest BCUT2D eigenvalue weighted by atomic mass is 9.96. The van der Waals surface area contributed by atoms with E-state index in [1.807, 2.05) is 0 Å². The molecule has 1 amide bonds. The van der Waals surface area contributed by atoms with E-state index in [4.69, 9.17) is 11.0 Å². The third-order valence-electron chi connectivity index (χ3n) is 2.76. The molecule has 0 aromatic rings. The van der Waals surface area contributed by atoms with Gasteiger partial charge in [-0.05, 0) is 32.2 Å². The van der Waals surface area contributed by atoms with Crippen LogP contribution in [0.25, 0.3) is 0 Å². The summed E-state index contributed by atoms with van der Waals surface area (Å²) in [7, 11) is 0. The summed E-state index contributed by atoms with van der Waals surface area (Å²) >= 11 is 0. The second-order valence-electron chi connectivity index (χ2n) is 4.22. The number of hydrogen-bond donors (Lipinski definition) is 2. The fourth-order valence-corrected chi connectivity index (χ4v) is 1.52. The van der Waals surface area contributed by atoms with Gasteiger partial charge in [-0.2, -0.15) is 5.26 Å². The Hall–Kier alpha value is -1.08. The van der Waals surface area contributed by atoms with Crippen LogP contribution in [0.5, 0.6) is 0 Å². The van der Waals surface area contributed by atoms with E-state index in [0.29, 0.717) is 25.4 Å². The molecule has 0 spiro atoms. The van der Waals surface area contributed by atoms with Gasteiger partial charge in [0.15, 0.2) is 0 Å². The number of nitriles is 1. The molecule has 0 fully saturated rings. The van der Waals surface area contributed by atoms with Crippen LogP contribution in [-0.2, 0) is 4.79 Å². The fourth-order valence-electron chi connectivity index (χ4n) is 1.52. The molecule has 0 aromatic heterocycles. The van der Waals surface area contributed by atoms with Crippen LogP contribution >= 0.6 is 0 Å². The highest BCUT2D eigenvalue weighted by Gasteiger charge is 2.09. The molecule has 0 heterocycles. The monoisotopic (exact) mass is 225 g/mol. The Morgan fingerprint density at radius 1 is 1.50 bits per heavy atom. The highest BCUT2D eigenvalue weighted by Crippen LogP contribution is 2.14. The zero-order valence-corrected chi connectivity index (χ0v) is 10.3. The zero-order chi connectivity index (χ0) is 12.4. The summed E-state index contributed by atoms with van der Waals surface area (Å²) in [6.07, 6.45) is 3.48. The normalized spacial score (nSPS) is 13.9. The zero-order valence-electron chi connectivity index (χ0n) is 10.3. The predicted molar refractivity (Wildman–Crippen MR) is 64.5 cm³/mol. The first-order valence-corrected chi connectivity index (χ1v) is 6.00. The molecular weight excluding hydrogens is 202 g/mol. The maximum Gasteiger partial charge on any atom is 0.220 e. The molecular formula is C12H23N3O. The smallest absolute Gasteiger partial charge is 0.220 e. The molecule has 4 nitrogen and oxygen atoms in total. The minimum Gasteiger partial charge on any atom is -0.355 e. The number of nitrogens with zero attached hydrogens (tertiary/aromatic N) is 1. The van der Waals surface area contributed by atoms with Crippen LogP contribution in [0.1, 0.15) is 39.5 Å². The fraction of sp³-hybridized carbons (Fsp3) is 0.833. The largest absolute Gasteiger partial charge is 0.355 e. The molecule has 0 aliphatic rings. The van der Waals surface area contributed by atoms with Gasteiger partial charge in [0.2, 0.25) is 5.91 Å².